The van der Waals surface area contributed by atoms with Crippen LogP contribution in [0, 0.1) is 5.82 Å². The molecule has 214 valence electrons. The molecule has 3 rings (SSSR count). The summed E-state index contributed by atoms with van der Waals surface area (Å²) in [6.45, 7) is 7.66. The fraction of sp³-hybridized carbons (Fsp3) is 0.480. The molecule has 0 spiro atoms. The first kappa shape index (κ1) is 31.0. The van der Waals surface area contributed by atoms with Gasteiger partial charge in [-0.2, -0.15) is 18.3 Å². The molecule has 39 heavy (non-hydrogen) atoms. The molecule has 2 N–H and O–H groups in total. The second-order valence-electron chi connectivity index (χ2n) is 10.6. The summed E-state index contributed by atoms with van der Waals surface area (Å²) in [5.74, 6) is -0.607. The van der Waals surface area contributed by atoms with Crippen LogP contribution in [0.3, 0.4) is 0 Å². The standard InChI is InChI=1S/C25H31BrF4N4O4Si/c1-15(9-17(35)13-33-6-5-16-10-19(26)20(27)11-18(16)23(33)36)32-21-12-31-34(14-38-7-8-39(2,3)4)24(37)22(21)25(28,29)30/h5-6,10-12,15,17,32,35H,7-9,13-14H2,1-4H3/t15-,17?/m0/s1. The van der Waals surface area contributed by atoms with Crippen LogP contribution in [0.2, 0.25) is 25.7 Å². The summed E-state index contributed by atoms with van der Waals surface area (Å²) in [4.78, 5) is 25.4. The maximum atomic E-state index is 13.9. The van der Waals surface area contributed by atoms with Crippen LogP contribution in [-0.4, -0.2) is 46.3 Å². The van der Waals surface area contributed by atoms with Gasteiger partial charge in [0.15, 0.2) is 0 Å². The van der Waals surface area contributed by atoms with Crippen molar-refractivity contribution < 1.29 is 27.4 Å². The van der Waals surface area contributed by atoms with Gasteiger partial charge < -0.3 is 19.7 Å². The van der Waals surface area contributed by atoms with E-state index in [9.17, 15) is 32.3 Å². The van der Waals surface area contributed by atoms with Gasteiger partial charge in [-0.25, -0.2) is 9.07 Å². The number of nitrogens with one attached hydrogen (secondary N) is 1. The Labute approximate surface area is 231 Å². The van der Waals surface area contributed by atoms with Gasteiger partial charge in [-0.05, 0) is 58.9 Å². The van der Waals surface area contributed by atoms with E-state index in [1.54, 1.807) is 6.07 Å². The minimum absolute atomic E-state index is 0.0562. The third-order valence-electron chi connectivity index (χ3n) is 5.99. The summed E-state index contributed by atoms with van der Waals surface area (Å²) >= 11 is 3.07. The van der Waals surface area contributed by atoms with E-state index in [0.29, 0.717) is 16.7 Å². The highest BCUT2D eigenvalue weighted by Gasteiger charge is 2.38. The Balaban J connectivity index is 1.71. The Morgan fingerprint density at radius 2 is 1.90 bits per heavy atom. The van der Waals surface area contributed by atoms with Crippen molar-refractivity contribution in [3.63, 3.8) is 0 Å². The van der Waals surface area contributed by atoms with Crippen LogP contribution in [0.15, 0.2) is 44.7 Å². The van der Waals surface area contributed by atoms with Gasteiger partial charge in [-0.1, -0.05) is 19.6 Å². The van der Waals surface area contributed by atoms with Crippen LogP contribution in [-0.2, 0) is 24.2 Å². The van der Waals surface area contributed by atoms with Gasteiger partial charge in [-0.15, -0.1) is 0 Å². The number of pyridine rings is 1. The molecule has 1 aromatic carbocycles. The fourth-order valence-corrected chi connectivity index (χ4v) is 5.07. The number of benzene rings is 1. The first-order chi connectivity index (χ1) is 18.1. The third kappa shape index (κ3) is 8.22. The molecule has 0 aliphatic carbocycles. The van der Waals surface area contributed by atoms with Crippen LogP contribution >= 0.6 is 15.9 Å². The number of anilines is 1. The van der Waals surface area contributed by atoms with Crippen LogP contribution in [0.4, 0.5) is 23.2 Å². The van der Waals surface area contributed by atoms with Gasteiger partial charge >= 0.3 is 6.18 Å². The molecule has 2 heterocycles. The minimum atomic E-state index is -4.95. The summed E-state index contributed by atoms with van der Waals surface area (Å²) in [5.41, 5.74) is -3.78. The molecule has 0 saturated heterocycles. The number of aliphatic hydroxyl groups excluding tert-OH is 1. The lowest BCUT2D eigenvalue weighted by atomic mass is 10.1. The summed E-state index contributed by atoms with van der Waals surface area (Å²) in [6.07, 6.45) is -3.78. The summed E-state index contributed by atoms with van der Waals surface area (Å²) in [7, 11) is -1.41. The molecule has 0 saturated carbocycles. The van der Waals surface area contributed by atoms with Crippen molar-refractivity contribution >= 4 is 40.5 Å². The largest absolute Gasteiger partial charge is 0.423 e. The monoisotopic (exact) mass is 634 g/mol. The van der Waals surface area contributed by atoms with E-state index in [1.165, 1.54) is 23.8 Å². The summed E-state index contributed by atoms with van der Waals surface area (Å²) < 4.78 is 62.8. The Hall–Kier alpha value is -2.55. The topological polar surface area (TPSA) is 98.4 Å². The molecule has 14 heteroatoms. The van der Waals surface area contributed by atoms with Gasteiger partial charge in [0.05, 0.1) is 34.4 Å². The lowest BCUT2D eigenvalue weighted by molar-refractivity contribution is -0.138. The highest BCUT2D eigenvalue weighted by molar-refractivity contribution is 9.10. The Kier molecular flexibility index (Phi) is 9.78. The van der Waals surface area contributed by atoms with E-state index < -0.39 is 61.3 Å². The molecule has 1 unspecified atom stereocenters. The van der Waals surface area contributed by atoms with Crippen molar-refractivity contribution in [2.75, 3.05) is 11.9 Å². The average Bonchev–Trinajstić information content (AvgIpc) is 2.79. The van der Waals surface area contributed by atoms with Gasteiger partial charge in [0.2, 0.25) is 0 Å². The third-order valence-corrected chi connectivity index (χ3v) is 8.30. The Morgan fingerprint density at radius 1 is 1.21 bits per heavy atom. The Morgan fingerprint density at radius 3 is 2.54 bits per heavy atom. The van der Waals surface area contributed by atoms with Crippen molar-refractivity contribution in [3.05, 3.63) is 67.2 Å². The fourth-order valence-electron chi connectivity index (χ4n) is 3.95. The predicted octanol–water partition coefficient (Wildman–Crippen LogP) is 5.04. The van der Waals surface area contributed by atoms with E-state index >= 15 is 0 Å². The number of aromatic nitrogens is 3. The van der Waals surface area contributed by atoms with E-state index in [-0.39, 0.29) is 22.8 Å². The number of nitrogens with zero attached hydrogens (tertiary/aromatic N) is 3. The van der Waals surface area contributed by atoms with Crippen LogP contribution < -0.4 is 16.4 Å². The average molecular weight is 636 g/mol. The molecular formula is C25H31BrF4N4O4Si. The number of hydrogen-bond acceptors (Lipinski definition) is 6. The summed E-state index contributed by atoms with van der Waals surface area (Å²) in [6, 6.07) is 4.22. The van der Waals surface area contributed by atoms with Crippen LogP contribution in [0.5, 0.6) is 0 Å². The zero-order valence-electron chi connectivity index (χ0n) is 22.0. The first-order valence-electron chi connectivity index (χ1n) is 12.2. The smallest absolute Gasteiger partial charge is 0.391 e. The molecule has 0 aliphatic rings. The number of fused-ring (bicyclic) bond motifs is 1. The van der Waals surface area contributed by atoms with Crippen molar-refractivity contribution in [2.24, 2.45) is 0 Å². The molecule has 2 atom stereocenters. The number of aliphatic hydroxyl groups is 1. The molecular weight excluding hydrogens is 604 g/mol. The number of hydrogen-bond donors (Lipinski definition) is 2. The normalized spacial score (nSPS) is 14.0. The Bertz CT molecular complexity index is 1440. The van der Waals surface area contributed by atoms with Gasteiger partial charge in [0.25, 0.3) is 11.1 Å². The lowest BCUT2D eigenvalue weighted by Crippen LogP contribution is -2.35. The number of ether oxygens (including phenoxy) is 1. The molecule has 8 nitrogen and oxygen atoms in total. The van der Waals surface area contributed by atoms with Crippen molar-refractivity contribution in [2.45, 2.75) is 70.6 Å². The van der Waals surface area contributed by atoms with Crippen molar-refractivity contribution in [3.8, 4) is 0 Å². The van der Waals surface area contributed by atoms with Crippen LogP contribution in [0.25, 0.3) is 10.8 Å². The van der Waals surface area contributed by atoms with Gasteiger partial charge in [0, 0.05) is 26.9 Å². The maximum Gasteiger partial charge on any atom is 0.423 e. The lowest BCUT2D eigenvalue weighted by Gasteiger charge is -2.22. The molecule has 0 radical (unpaired) electrons. The molecule has 0 bridgehead atoms. The molecule has 0 fully saturated rings. The minimum Gasteiger partial charge on any atom is -0.391 e. The quantitative estimate of drug-likeness (QED) is 0.174. The predicted molar refractivity (Wildman–Crippen MR) is 147 cm³/mol. The van der Waals surface area contributed by atoms with E-state index in [4.69, 9.17) is 4.74 Å². The summed E-state index contributed by atoms with van der Waals surface area (Å²) in [5, 5.41) is 17.6. The van der Waals surface area contributed by atoms with E-state index in [2.05, 4.69) is 46.0 Å². The highest BCUT2D eigenvalue weighted by atomic mass is 79.9. The number of alkyl halides is 3. The van der Waals surface area contributed by atoms with Crippen LogP contribution in [0.1, 0.15) is 18.9 Å². The van der Waals surface area contributed by atoms with E-state index in [1.807, 2.05) is 0 Å². The van der Waals surface area contributed by atoms with Gasteiger partial charge in [0.1, 0.15) is 18.1 Å². The molecule has 0 aliphatic heterocycles. The zero-order valence-corrected chi connectivity index (χ0v) is 24.6. The number of rotatable bonds is 11. The van der Waals surface area contributed by atoms with E-state index in [0.717, 1.165) is 18.3 Å². The SMILES string of the molecule is C[C@@H](CC(O)Cn1ccc2cc(Br)c(F)cc2c1=O)Nc1cnn(COCC[Si](C)(C)C)c(=O)c1C(F)(F)F. The maximum absolute atomic E-state index is 13.9. The zero-order chi connectivity index (χ0) is 29.1. The molecule has 3 aromatic rings. The van der Waals surface area contributed by atoms with Crippen molar-refractivity contribution in [1.29, 1.82) is 0 Å². The molecule has 2 aromatic heterocycles. The molecule has 0 amide bonds. The second-order valence-corrected chi connectivity index (χ2v) is 17.1. The second kappa shape index (κ2) is 12.3. The van der Waals surface area contributed by atoms with Crippen molar-refractivity contribution in [1.82, 2.24) is 14.3 Å². The highest BCUT2D eigenvalue weighted by Crippen LogP contribution is 2.32. The number of halogens is 5. The first-order valence-corrected chi connectivity index (χ1v) is 16.7. The van der Waals surface area contributed by atoms with Gasteiger partial charge in [-0.3, -0.25) is 9.59 Å².